The highest BCUT2D eigenvalue weighted by atomic mass is 32.1. The summed E-state index contributed by atoms with van der Waals surface area (Å²) in [5, 5.41) is 7.12. The fourth-order valence-electron chi connectivity index (χ4n) is 1.14. The van der Waals surface area contributed by atoms with E-state index < -0.39 is 0 Å². The quantitative estimate of drug-likeness (QED) is 0.761. The molecular formula is C11H17N3O2S. The number of carbonyl (C=O) groups excluding carboxylic acids is 2. The van der Waals surface area contributed by atoms with Gasteiger partial charge in [-0.25, -0.2) is 0 Å². The van der Waals surface area contributed by atoms with Gasteiger partial charge in [-0.2, -0.15) is 0 Å². The first-order chi connectivity index (χ1) is 8.09. The van der Waals surface area contributed by atoms with Gasteiger partial charge in [-0.15, -0.1) is 11.3 Å². The van der Waals surface area contributed by atoms with Gasteiger partial charge in [-0.05, 0) is 25.5 Å². The van der Waals surface area contributed by atoms with Crippen molar-refractivity contribution in [2.45, 2.75) is 0 Å². The maximum atomic E-state index is 11.5. The zero-order chi connectivity index (χ0) is 12.7. The lowest BCUT2D eigenvalue weighted by molar-refractivity contribution is -0.120. The van der Waals surface area contributed by atoms with Crippen LogP contribution in [0.4, 0.5) is 0 Å². The Morgan fingerprint density at radius 1 is 1.35 bits per heavy atom. The molecule has 94 valence electrons. The van der Waals surface area contributed by atoms with Crippen LogP contribution in [0.1, 0.15) is 9.67 Å². The van der Waals surface area contributed by atoms with Gasteiger partial charge >= 0.3 is 0 Å². The smallest absolute Gasteiger partial charge is 0.261 e. The molecule has 0 saturated carbocycles. The molecule has 0 fully saturated rings. The van der Waals surface area contributed by atoms with E-state index in [9.17, 15) is 9.59 Å². The highest BCUT2D eigenvalue weighted by Gasteiger charge is 2.07. The first-order valence-electron chi connectivity index (χ1n) is 5.32. The summed E-state index contributed by atoms with van der Waals surface area (Å²) in [5.74, 6) is -0.375. The van der Waals surface area contributed by atoms with Gasteiger partial charge in [-0.3, -0.25) is 9.59 Å². The summed E-state index contributed by atoms with van der Waals surface area (Å²) in [7, 11) is 3.87. The van der Waals surface area contributed by atoms with Gasteiger partial charge in [0.1, 0.15) is 0 Å². The fraction of sp³-hybridized carbons (Fsp3) is 0.455. The first kappa shape index (κ1) is 13.7. The van der Waals surface area contributed by atoms with Crippen LogP contribution in [0.3, 0.4) is 0 Å². The van der Waals surface area contributed by atoms with E-state index in [1.54, 1.807) is 12.1 Å². The summed E-state index contributed by atoms with van der Waals surface area (Å²) < 4.78 is 0. The second-order valence-corrected chi connectivity index (χ2v) is 4.76. The van der Waals surface area contributed by atoms with Crippen molar-refractivity contribution in [2.24, 2.45) is 0 Å². The predicted molar refractivity (Wildman–Crippen MR) is 68.2 cm³/mol. The third-order valence-corrected chi connectivity index (χ3v) is 2.90. The van der Waals surface area contributed by atoms with Crippen molar-refractivity contribution in [3.05, 3.63) is 22.4 Å². The van der Waals surface area contributed by atoms with E-state index in [-0.39, 0.29) is 18.4 Å². The molecule has 0 atom stereocenters. The number of amides is 2. The standard InChI is InChI=1S/C11H17N3O2S/c1-14(2)6-5-12-10(15)8-13-11(16)9-4-3-7-17-9/h3-4,7H,5-6,8H2,1-2H3,(H,12,15)(H,13,16). The summed E-state index contributed by atoms with van der Waals surface area (Å²) in [5.41, 5.74) is 0. The highest BCUT2D eigenvalue weighted by molar-refractivity contribution is 7.12. The Hall–Kier alpha value is -1.40. The average molecular weight is 255 g/mol. The third-order valence-electron chi connectivity index (χ3n) is 2.04. The van der Waals surface area contributed by atoms with E-state index in [0.717, 1.165) is 6.54 Å². The average Bonchev–Trinajstić information content (AvgIpc) is 2.78. The van der Waals surface area contributed by atoms with Crippen LogP contribution in [-0.4, -0.2) is 50.4 Å². The molecule has 1 rings (SSSR count). The van der Waals surface area contributed by atoms with Crippen LogP contribution in [0.15, 0.2) is 17.5 Å². The number of nitrogens with one attached hydrogen (secondary N) is 2. The maximum Gasteiger partial charge on any atom is 0.261 e. The van der Waals surface area contributed by atoms with E-state index in [1.807, 2.05) is 24.4 Å². The number of likely N-dealkylation sites (N-methyl/N-ethyl adjacent to an activating group) is 1. The molecule has 0 aliphatic heterocycles. The number of rotatable bonds is 6. The molecule has 1 aromatic heterocycles. The predicted octanol–water partition coefficient (Wildman–Crippen LogP) is 0.156. The number of thiophene rings is 1. The molecule has 0 aliphatic rings. The molecule has 0 aliphatic carbocycles. The lowest BCUT2D eigenvalue weighted by Crippen LogP contribution is -2.39. The van der Waals surface area contributed by atoms with E-state index in [2.05, 4.69) is 10.6 Å². The monoisotopic (exact) mass is 255 g/mol. The Bertz CT molecular complexity index is 363. The van der Waals surface area contributed by atoms with E-state index in [4.69, 9.17) is 0 Å². The second kappa shape index (κ2) is 7.03. The Morgan fingerprint density at radius 3 is 2.71 bits per heavy atom. The second-order valence-electron chi connectivity index (χ2n) is 3.81. The van der Waals surface area contributed by atoms with Crippen LogP contribution in [0.25, 0.3) is 0 Å². The minimum atomic E-state index is -0.206. The van der Waals surface area contributed by atoms with Gasteiger partial charge in [0.05, 0.1) is 11.4 Å². The van der Waals surface area contributed by atoms with Crippen molar-refractivity contribution in [1.82, 2.24) is 15.5 Å². The van der Waals surface area contributed by atoms with Crippen molar-refractivity contribution >= 4 is 23.2 Å². The molecule has 0 unspecified atom stereocenters. The molecule has 1 aromatic rings. The zero-order valence-electron chi connectivity index (χ0n) is 10.0. The third kappa shape index (κ3) is 5.46. The van der Waals surface area contributed by atoms with Gasteiger partial charge in [0.25, 0.3) is 5.91 Å². The number of hydrogen-bond donors (Lipinski definition) is 2. The van der Waals surface area contributed by atoms with Gasteiger partial charge in [0, 0.05) is 13.1 Å². The lowest BCUT2D eigenvalue weighted by atomic mass is 10.4. The molecule has 1 heterocycles. The Balaban J connectivity index is 2.18. The SMILES string of the molecule is CN(C)CCNC(=O)CNC(=O)c1cccs1. The van der Waals surface area contributed by atoms with Crippen LogP contribution < -0.4 is 10.6 Å². The first-order valence-corrected chi connectivity index (χ1v) is 6.20. The summed E-state index contributed by atoms with van der Waals surface area (Å²) >= 11 is 1.35. The summed E-state index contributed by atoms with van der Waals surface area (Å²) in [6.07, 6.45) is 0. The maximum absolute atomic E-state index is 11.5. The molecular weight excluding hydrogens is 238 g/mol. The molecule has 2 N–H and O–H groups in total. The van der Waals surface area contributed by atoms with E-state index in [1.165, 1.54) is 11.3 Å². The molecule has 0 radical (unpaired) electrons. The van der Waals surface area contributed by atoms with Crippen molar-refractivity contribution in [1.29, 1.82) is 0 Å². The van der Waals surface area contributed by atoms with E-state index in [0.29, 0.717) is 11.4 Å². The van der Waals surface area contributed by atoms with Crippen LogP contribution >= 0.6 is 11.3 Å². The molecule has 0 aromatic carbocycles. The topological polar surface area (TPSA) is 61.4 Å². The van der Waals surface area contributed by atoms with Gasteiger partial charge < -0.3 is 15.5 Å². The van der Waals surface area contributed by atoms with Crippen molar-refractivity contribution in [2.75, 3.05) is 33.7 Å². The molecule has 17 heavy (non-hydrogen) atoms. The summed E-state index contributed by atoms with van der Waals surface area (Å²) in [6.45, 7) is 1.38. The zero-order valence-corrected chi connectivity index (χ0v) is 10.8. The van der Waals surface area contributed by atoms with Crippen molar-refractivity contribution in [3.8, 4) is 0 Å². The molecule has 0 bridgehead atoms. The summed E-state index contributed by atoms with van der Waals surface area (Å²) in [6, 6.07) is 3.53. The van der Waals surface area contributed by atoms with Crippen molar-refractivity contribution < 1.29 is 9.59 Å². The Morgan fingerprint density at radius 2 is 2.12 bits per heavy atom. The lowest BCUT2D eigenvalue weighted by Gasteiger charge is -2.10. The van der Waals surface area contributed by atoms with Crippen LogP contribution in [0.5, 0.6) is 0 Å². The number of carbonyl (C=O) groups is 2. The Labute approximate surface area is 105 Å². The van der Waals surface area contributed by atoms with Gasteiger partial charge in [0.2, 0.25) is 5.91 Å². The normalized spacial score (nSPS) is 10.3. The minimum Gasteiger partial charge on any atom is -0.353 e. The molecule has 0 spiro atoms. The van der Waals surface area contributed by atoms with Gasteiger partial charge in [-0.1, -0.05) is 6.07 Å². The largest absolute Gasteiger partial charge is 0.353 e. The van der Waals surface area contributed by atoms with Crippen LogP contribution in [-0.2, 0) is 4.79 Å². The minimum absolute atomic E-state index is 0.0180. The van der Waals surface area contributed by atoms with Gasteiger partial charge in [0.15, 0.2) is 0 Å². The summed E-state index contributed by atoms with van der Waals surface area (Å²) in [4.78, 5) is 25.5. The Kier molecular flexibility index (Phi) is 5.65. The molecule has 5 nitrogen and oxygen atoms in total. The molecule has 0 saturated heterocycles. The molecule has 2 amide bonds. The van der Waals surface area contributed by atoms with E-state index >= 15 is 0 Å². The number of hydrogen-bond acceptors (Lipinski definition) is 4. The highest BCUT2D eigenvalue weighted by Crippen LogP contribution is 2.07. The fourth-order valence-corrected chi connectivity index (χ4v) is 1.78. The van der Waals surface area contributed by atoms with Crippen molar-refractivity contribution in [3.63, 3.8) is 0 Å². The van der Waals surface area contributed by atoms with Crippen LogP contribution in [0.2, 0.25) is 0 Å². The van der Waals surface area contributed by atoms with Crippen LogP contribution in [0, 0.1) is 0 Å². The molecule has 6 heteroatoms. The number of nitrogens with zero attached hydrogens (tertiary/aromatic N) is 1.